The number of fused-ring (bicyclic) bond motifs is 1. The quantitative estimate of drug-likeness (QED) is 0.679. The van der Waals surface area contributed by atoms with Crippen molar-refractivity contribution in [2.75, 3.05) is 5.32 Å². The standard InChI is InChI=1S/C17H11F3N2OS/c18-17(19,20)11-3-5-13-14(7-8-21-15(13)10-11)22-16(23)6-4-12-2-1-9-24-12/h1-10H,(H,21,22,23)/b6-4+. The van der Waals surface area contributed by atoms with Gasteiger partial charge in [0.05, 0.1) is 16.8 Å². The number of alkyl halides is 3. The molecule has 1 aromatic carbocycles. The summed E-state index contributed by atoms with van der Waals surface area (Å²) in [4.78, 5) is 16.9. The van der Waals surface area contributed by atoms with Crippen LogP contribution >= 0.6 is 11.3 Å². The number of nitrogens with one attached hydrogen (secondary N) is 1. The highest BCUT2D eigenvalue weighted by atomic mass is 32.1. The number of benzene rings is 1. The van der Waals surface area contributed by atoms with Gasteiger partial charge in [-0.1, -0.05) is 12.1 Å². The van der Waals surface area contributed by atoms with Crippen molar-refractivity contribution in [1.29, 1.82) is 0 Å². The molecule has 0 fully saturated rings. The zero-order valence-electron chi connectivity index (χ0n) is 12.2. The fourth-order valence-corrected chi connectivity index (χ4v) is 2.77. The van der Waals surface area contributed by atoms with Gasteiger partial charge in [0.1, 0.15) is 0 Å². The highest BCUT2D eigenvalue weighted by Gasteiger charge is 2.30. The minimum Gasteiger partial charge on any atom is -0.322 e. The minimum atomic E-state index is -4.43. The van der Waals surface area contributed by atoms with E-state index in [0.29, 0.717) is 11.1 Å². The number of hydrogen-bond donors (Lipinski definition) is 1. The molecule has 0 aliphatic heterocycles. The Balaban J connectivity index is 1.85. The summed E-state index contributed by atoms with van der Waals surface area (Å²) in [6.45, 7) is 0. The van der Waals surface area contributed by atoms with Crippen LogP contribution in [0.2, 0.25) is 0 Å². The van der Waals surface area contributed by atoms with Crippen LogP contribution in [0.3, 0.4) is 0 Å². The molecule has 0 bridgehead atoms. The Morgan fingerprint density at radius 2 is 2.04 bits per heavy atom. The Morgan fingerprint density at radius 3 is 2.75 bits per heavy atom. The van der Waals surface area contributed by atoms with E-state index in [1.165, 1.54) is 29.7 Å². The van der Waals surface area contributed by atoms with Crippen LogP contribution in [-0.2, 0) is 11.0 Å². The summed E-state index contributed by atoms with van der Waals surface area (Å²) in [5.74, 6) is -0.365. The number of carbonyl (C=O) groups excluding carboxylic acids is 1. The van der Waals surface area contributed by atoms with Crippen molar-refractivity contribution < 1.29 is 18.0 Å². The Kier molecular flexibility index (Phi) is 4.35. The lowest BCUT2D eigenvalue weighted by Gasteiger charge is -2.10. The molecular weight excluding hydrogens is 337 g/mol. The lowest BCUT2D eigenvalue weighted by Crippen LogP contribution is -2.09. The van der Waals surface area contributed by atoms with E-state index < -0.39 is 11.7 Å². The van der Waals surface area contributed by atoms with Gasteiger partial charge in [0.2, 0.25) is 5.91 Å². The van der Waals surface area contributed by atoms with Crippen LogP contribution in [0.15, 0.2) is 54.1 Å². The van der Waals surface area contributed by atoms with Crippen molar-refractivity contribution in [1.82, 2.24) is 4.98 Å². The zero-order valence-corrected chi connectivity index (χ0v) is 13.0. The van der Waals surface area contributed by atoms with Gasteiger partial charge in [-0.05, 0) is 35.7 Å². The predicted octanol–water partition coefficient (Wildman–Crippen LogP) is 4.97. The second-order valence-electron chi connectivity index (χ2n) is 4.93. The number of rotatable bonds is 3. The van der Waals surface area contributed by atoms with Gasteiger partial charge in [0, 0.05) is 22.5 Å². The monoisotopic (exact) mass is 348 g/mol. The van der Waals surface area contributed by atoms with E-state index in [1.54, 1.807) is 12.1 Å². The number of carbonyl (C=O) groups is 1. The number of pyridine rings is 1. The highest BCUT2D eigenvalue weighted by molar-refractivity contribution is 7.10. The summed E-state index contributed by atoms with van der Waals surface area (Å²) in [5, 5.41) is 5.01. The van der Waals surface area contributed by atoms with Crippen LogP contribution < -0.4 is 5.32 Å². The third-order valence-corrected chi connectivity index (χ3v) is 4.11. The number of hydrogen-bond acceptors (Lipinski definition) is 3. The third-order valence-electron chi connectivity index (χ3n) is 3.27. The first kappa shape index (κ1) is 16.2. The maximum atomic E-state index is 12.8. The predicted molar refractivity (Wildman–Crippen MR) is 88.7 cm³/mol. The topological polar surface area (TPSA) is 42.0 Å². The van der Waals surface area contributed by atoms with Crippen molar-refractivity contribution in [3.05, 3.63) is 64.5 Å². The molecule has 0 aliphatic rings. The fraction of sp³-hybridized carbons (Fsp3) is 0.0588. The largest absolute Gasteiger partial charge is 0.416 e. The van der Waals surface area contributed by atoms with Crippen LogP contribution in [0.4, 0.5) is 18.9 Å². The molecule has 0 aliphatic carbocycles. The number of aromatic nitrogens is 1. The normalized spacial score (nSPS) is 12.0. The highest BCUT2D eigenvalue weighted by Crippen LogP contribution is 2.32. The number of amides is 1. The van der Waals surface area contributed by atoms with Crippen LogP contribution in [0.1, 0.15) is 10.4 Å². The molecule has 24 heavy (non-hydrogen) atoms. The minimum absolute atomic E-state index is 0.171. The third kappa shape index (κ3) is 3.62. The molecule has 2 heterocycles. The van der Waals surface area contributed by atoms with E-state index in [1.807, 2.05) is 17.5 Å². The van der Waals surface area contributed by atoms with Gasteiger partial charge in [-0.25, -0.2) is 0 Å². The second-order valence-corrected chi connectivity index (χ2v) is 5.91. The zero-order chi connectivity index (χ0) is 17.2. The second kappa shape index (κ2) is 6.45. The molecule has 2 aromatic heterocycles. The molecule has 0 unspecified atom stereocenters. The summed E-state index contributed by atoms with van der Waals surface area (Å²) in [6.07, 6.45) is -0.0209. The van der Waals surface area contributed by atoms with E-state index in [2.05, 4.69) is 10.3 Å². The van der Waals surface area contributed by atoms with E-state index in [0.717, 1.165) is 17.0 Å². The van der Waals surface area contributed by atoms with Gasteiger partial charge in [-0.2, -0.15) is 13.2 Å². The van der Waals surface area contributed by atoms with Crippen molar-refractivity contribution in [3.63, 3.8) is 0 Å². The average Bonchev–Trinajstić information content (AvgIpc) is 3.05. The molecule has 0 radical (unpaired) electrons. The lowest BCUT2D eigenvalue weighted by molar-refractivity contribution is -0.137. The Hall–Kier alpha value is -2.67. The maximum Gasteiger partial charge on any atom is 0.416 e. The maximum absolute atomic E-state index is 12.8. The van der Waals surface area contributed by atoms with Gasteiger partial charge >= 0.3 is 6.18 Å². The fourth-order valence-electron chi connectivity index (χ4n) is 2.15. The molecule has 0 saturated carbocycles. The molecule has 0 spiro atoms. The van der Waals surface area contributed by atoms with E-state index in [-0.39, 0.29) is 11.4 Å². The van der Waals surface area contributed by atoms with Gasteiger partial charge < -0.3 is 5.32 Å². The number of nitrogens with zero attached hydrogens (tertiary/aromatic N) is 1. The summed E-state index contributed by atoms with van der Waals surface area (Å²) < 4.78 is 38.3. The van der Waals surface area contributed by atoms with E-state index in [9.17, 15) is 18.0 Å². The first-order valence-corrected chi connectivity index (χ1v) is 7.80. The molecule has 0 atom stereocenters. The van der Waals surface area contributed by atoms with Gasteiger partial charge in [0.15, 0.2) is 0 Å². The van der Waals surface area contributed by atoms with Crippen LogP contribution in [0.25, 0.3) is 17.0 Å². The summed E-state index contributed by atoms with van der Waals surface area (Å²) >= 11 is 1.49. The van der Waals surface area contributed by atoms with Crippen molar-refractivity contribution in [2.45, 2.75) is 6.18 Å². The van der Waals surface area contributed by atoms with Crippen molar-refractivity contribution >= 4 is 39.9 Å². The van der Waals surface area contributed by atoms with E-state index >= 15 is 0 Å². The summed E-state index contributed by atoms with van der Waals surface area (Å²) in [5.41, 5.74) is -0.192. The van der Waals surface area contributed by atoms with Crippen LogP contribution in [0, 0.1) is 0 Å². The number of halogens is 3. The van der Waals surface area contributed by atoms with E-state index in [4.69, 9.17) is 0 Å². The Morgan fingerprint density at radius 1 is 1.21 bits per heavy atom. The van der Waals surface area contributed by atoms with Crippen molar-refractivity contribution in [3.8, 4) is 0 Å². The molecule has 0 saturated heterocycles. The Labute approximate surface area is 139 Å². The molecular formula is C17H11F3N2OS. The molecule has 7 heteroatoms. The van der Waals surface area contributed by atoms with Gasteiger partial charge in [-0.3, -0.25) is 9.78 Å². The average molecular weight is 348 g/mol. The molecule has 1 N–H and O–H groups in total. The molecule has 1 amide bonds. The van der Waals surface area contributed by atoms with Crippen LogP contribution in [0.5, 0.6) is 0 Å². The molecule has 122 valence electrons. The number of anilines is 1. The SMILES string of the molecule is O=C(/C=C/c1cccs1)Nc1ccnc2cc(C(F)(F)F)ccc12. The Bertz CT molecular complexity index is 902. The summed E-state index contributed by atoms with van der Waals surface area (Å²) in [6, 6.07) is 8.54. The lowest BCUT2D eigenvalue weighted by atomic mass is 10.1. The number of thiophene rings is 1. The first-order chi connectivity index (χ1) is 11.4. The molecule has 3 rings (SSSR count). The smallest absolute Gasteiger partial charge is 0.322 e. The van der Waals surface area contributed by atoms with Gasteiger partial charge in [-0.15, -0.1) is 11.3 Å². The molecule has 3 aromatic rings. The van der Waals surface area contributed by atoms with Crippen LogP contribution in [-0.4, -0.2) is 10.9 Å². The first-order valence-electron chi connectivity index (χ1n) is 6.92. The van der Waals surface area contributed by atoms with Crippen molar-refractivity contribution in [2.24, 2.45) is 0 Å². The van der Waals surface area contributed by atoms with Gasteiger partial charge in [0.25, 0.3) is 0 Å². The summed E-state index contributed by atoms with van der Waals surface area (Å²) in [7, 11) is 0. The molecule has 3 nitrogen and oxygen atoms in total.